The Morgan fingerprint density at radius 3 is 2.70 bits per heavy atom. The Hall–Kier alpha value is -1.99. The van der Waals surface area contributed by atoms with E-state index >= 15 is 0 Å². The highest BCUT2D eigenvalue weighted by Gasteiger charge is 2.55. The Labute approximate surface area is 156 Å². The van der Waals surface area contributed by atoms with Gasteiger partial charge in [0.2, 0.25) is 5.91 Å². The zero-order valence-electron chi connectivity index (χ0n) is 15.7. The minimum absolute atomic E-state index is 0.0166. The van der Waals surface area contributed by atoms with Gasteiger partial charge in [0.25, 0.3) is 0 Å². The SMILES string of the molecule is CCOC(=O)NC1C2CC=C3N(C)C(=O)CC[C@]3(C)C2=CCC1C(F)(F)F. The summed E-state index contributed by atoms with van der Waals surface area (Å²) in [6, 6.07) is -1.08. The molecule has 0 spiro atoms. The van der Waals surface area contributed by atoms with Gasteiger partial charge in [0.05, 0.1) is 18.6 Å². The van der Waals surface area contributed by atoms with Crippen molar-refractivity contribution in [3.05, 3.63) is 23.4 Å². The van der Waals surface area contributed by atoms with Crippen molar-refractivity contribution in [3.63, 3.8) is 0 Å². The summed E-state index contributed by atoms with van der Waals surface area (Å²) in [6.07, 6.45) is -0.629. The Balaban J connectivity index is 1.98. The van der Waals surface area contributed by atoms with Gasteiger partial charge < -0.3 is 15.0 Å². The van der Waals surface area contributed by atoms with Crippen LogP contribution in [0.2, 0.25) is 0 Å². The number of ether oxygens (including phenoxy) is 1. The van der Waals surface area contributed by atoms with Crippen molar-refractivity contribution >= 4 is 12.0 Å². The predicted octanol–water partition coefficient (Wildman–Crippen LogP) is 3.77. The first-order chi connectivity index (χ1) is 12.6. The average molecular weight is 386 g/mol. The number of alkyl halides is 3. The van der Waals surface area contributed by atoms with Crippen LogP contribution in [0.4, 0.5) is 18.0 Å². The number of halogens is 3. The van der Waals surface area contributed by atoms with Gasteiger partial charge in [0.15, 0.2) is 0 Å². The Kier molecular flexibility index (Phi) is 5.03. The molecule has 1 heterocycles. The molecule has 1 aliphatic heterocycles. The molecule has 1 fully saturated rings. The summed E-state index contributed by atoms with van der Waals surface area (Å²) in [5.41, 5.74) is 1.25. The Morgan fingerprint density at radius 1 is 1.37 bits per heavy atom. The highest BCUT2D eigenvalue weighted by molar-refractivity contribution is 5.80. The van der Waals surface area contributed by atoms with E-state index in [-0.39, 0.29) is 18.9 Å². The molecule has 0 bridgehead atoms. The second-order valence-corrected chi connectivity index (χ2v) is 7.65. The maximum Gasteiger partial charge on any atom is 0.407 e. The maximum atomic E-state index is 13.6. The maximum absolute atomic E-state index is 13.6. The average Bonchev–Trinajstić information content (AvgIpc) is 2.58. The van der Waals surface area contributed by atoms with Crippen LogP contribution in [-0.2, 0) is 9.53 Å². The van der Waals surface area contributed by atoms with Crippen molar-refractivity contribution in [1.29, 1.82) is 0 Å². The Bertz CT molecular complexity index is 701. The van der Waals surface area contributed by atoms with Gasteiger partial charge in [-0.2, -0.15) is 13.2 Å². The monoisotopic (exact) mass is 386 g/mol. The van der Waals surface area contributed by atoms with Gasteiger partial charge in [-0.1, -0.05) is 24.6 Å². The van der Waals surface area contributed by atoms with E-state index in [0.717, 1.165) is 11.3 Å². The van der Waals surface area contributed by atoms with E-state index in [1.165, 1.54) is 0 Å². The number of hydrogen-bond acceptors (Lipinski definition) is 3. The summed E-state index contributed by atoms with van der Waals surface area (Å²) in [5.74, 6) is -2.11. The number of carbonyl (C=O) groups is 2. The van der Waals surface area contributed by atoms with Crippen molar-refractivity contribution < 1.29 is 27.5 Å². The third-order valence-electron chi connectivity index (χ3n) is 6.18. The van der Waals surface area contributed by atoms with Crippen LogP contribution in [0.5, 0.6) is 0 Å². The van der Waals surface area contributed by atoms with E-state index in [1.54, 1.807) is 24.9 Å². The molecule has 8 heteroatoms. The third-order valence-corrected chi connectivity index (χ3v) is 6.18. The van der Waals surface area contributed by atoms with Crippen molar-refractivity contribution in [2.75, 3.05) is 13.7 Å². The first-order valence-electron chi connectivity index (χ1n) is 9.27. The standard InChI is InChI=1S/C19H25F3N2O3/c1-4-27-17(26)23-16-11-5-8-14-18(2,10-9-15(25)24(14)3)12(11)6-7-13(16)19(20,21)22/h6,8,11,13,16H,4-5,7,9-10H2,1-3H3,(H,23,26)/t11?,13?,16?,18-/m1/s1. The van der Waals surface area contributed by atoms with Crippen LogP contribution in [0.3, 0.4) is 0 Å². The van der Waals surface area contributed by atoms with Crippen molar-refractivity contribution in [1.82, 2.24) is 10.2 Å². The molecule has 0 radical (unpaired) electrons. The molecule has 0 saturated carbocycles. The van der Waals surface area contributed by atoms with Crippen LogP contribution in [0, 0.1) is 17.3 Å². The number of nitrogens with one attached hydrogen (secondary N) is 1. The lowest BCUT2D eigenvalue weighted by Gasteiger charge is -2.52. The normalized spacial score (nSPS) is 33.5. The molecule has 5 nitrogen and oxygen atoms in total. The fourth-order valence-electron chi connectivity index (χ4n) is 4.83. The highest BCUT2D eigenvalue weighted by Crippen LogP contribution is 2.55. The molecule has 2 amide bonds. The van der Waals surface area contributed by atoms with Crippen LogP contribution >= 0.6 is 0 Å². The number of carbonyl (C=O) groups excluding carboxylic acids is 2. The lowest BCUT2D eigenvalue weighted by atomic mass is 9.59. The third kappa shape index (κ3) is 3.34. The molecule has 1 N–H and O–H groups in total. The summed E-state index contributed by atoms with van der Waals surface area (Å²) in [6.45, 7) is 3.69. The van der Waals surface area contributed by atoms with E-state index in [9.17, 15) is 22.8 Å². The molecular formula is C19H25F3N2O3. The van der Waals surface area contributed by atoms with Gasteiger partial charge in [-0.05, 0) is 26.2 Å². The molecule has 0 aromatic carbocycles. The Morgan fingerprint density at radius 2 is 2.07 bits per heavy atom. The summed E-state index contributed by atoms with van der Waals surface area (Å²) in [7, 11) is 1.71. The topological polar surface area (TPSA) is 58.6 Å². The molecule has 27 heavy (non-hydrogen) atoms. The largest absolute Gasteiger partial charge is 0.450 e. The number of alkyl carbamates (subject to hydrolysis) is 1. The lowest BCUT2D eigenvalue weighted by molar-refractivity contribution is -0.186. The van der Waals surface area contributed by atoms with Gasteiger partial charge in [-0.3, -0.25) is 4.79 Å². The number of fused-ring (bicyclic) bond motifs is 3. The van der Waals surface area contributed by atoms with E-state index in [2.05, 4.69) is 5.32 Å². The number of piperidine rings is 1. The van der Waals surface area contributed by atoms with Crippen LogP contribution in [-0.4, -0.2) is 42.8 Å². The molecular weight excluding hydrogens is 361 g/mol. The summed E-state index contributed by atoms with van der Waals surface area (Å²) >= 11 is 0. The summed E-state index contributed by atoms with van der Waals surface area (Å²) < 4.78 is 45.8. The minimum atomic E-state index is -4.42. The molecule has 3 rings (SSSR count). The van der Waals surface area contributed by atoms with Gasteiger partial charge >= 0.3 is 12.3 Å². The zero-order chi connectivity index (χ0) is 20.0. The van der Waals surface area contributed by atoms with E-state index < -0.39 is 35.6 Å². The number of nitrogens with zero attached hydrogens (tertiary/aromatic N) is 1. The highest BCUT2D eigenvalue weighted by atomic mass is 19.4. The predicted molar refractivity (Wildman–Crippen MR) is 92.5 cm³/mol. The molecule has 2 aliphatic carbocycles. The van der Waals surface area contributed by atoms with Crippen LogP contribution in [0.25, 0.3) is 0 Å². The van der Waals surface area contributed by atoms with E-state index in [0.29, 0.717) is 19.3 Å². The van der Waals surface area contributed by atoms with Crippen LogP contribution < -0.4 is 5.32 Å². The molecule has 150 valence electrons. The smallest absolute Gasteiger partial charge is 0.407 e. The van der Waals surface area contributed by atoms with Gasteiger partial charge in [0.1, 0.15) is 0 Å². The molecule has 3 unspecified atom stereocenters. The quantitative estimate of drug-likeness (QED) is 0.735. The number of allylic oxidation sites excluding steroid dienone is 3. The van der Waals surface area contributed by atoms with Crippen LogP contribution in [0.1, 0.15) is 39.5 Å². The van der Waals surface area contributed by atoms with E-state index in [4.69, 9.17) is 4.74 Å². The zero-order valence-corrected chi connectivity index (χ0v) is 15.7. The first-order valence-corrected chi connectivity index (χ1v) is 9.27. The second-order valence-electron chi connectivity index (χ2n) is 7.65. The fourth-order valence-corrected chi connectivity index (χ4v) is 4.83. The van der Waals surface area contributed by atoms with Crippen LogP contribution in [0.15, 0.2) is 23.4 Å². The summed E-state index contributed by atoms with van der Waals surface area (Å²) in [4.78, 5) is 25.6. The molecule has 0 aromatic heterocycles. The van der Waals surface area contributed by atoms with Crippen molar-refractivity contribution in [2.45, 2.75) is 51.7 Å². The molecule has 4 atom stereocenters. The van der Waals surface area contributed by atoms with Gasteiger partial charge in [-0.25, -0.2) is 4.79 Å². The lowest BCUT2D eigenvalue weighted by Crippen LogP contribution is -2.56. The molecule has 1 saturated heterocycles. The number of hydrogen-bond donors (Lipinski definition) is 1. The summed E-state index contributed by atoms with van der Waals surface area (Å²) in [5, 5.41) is 2.48. The second kappa shape index (κ2) is 6.87. The van der Waals surface area contributed by atoms with Gasteiger partial charge in [-0.15, -0.1) is 0 Å². The molecule has 0 aromatic rings. The minimum Gasteiger partial charge on any atom is -0.450 e. The van der Waals surface area contributed by atoms with Gasteiger partial charge in [0, 0.05) is 30.5 Å². The van der Waals surface area contributed by atoms with Crippen molar-refractivity contribution in [2.24, 2.45) is 17.3 Å². The van der Waals surface area contributed by atoms with E-state index in [1.807, 2.05) is 13.0 Å². The number of likely N-dealkylation sites (tertiary alicyclic amines) is 1. The van der Waals surface area contributed by atoms with Crippen molar-refractivity contribution in [3.8, 4) is 0 Å². The fraction of sp³-hybridized carbons (Fsp3) is 0.684. The number of amides is 2. The number of rotatable bonds is 2. The molecule has 3 aliphatic rings. The first kappa shape index (κ1) is 19.8.